The highest BCUT2D eigenvalue weighted by atomic mass is 16.3. The van der Waals surface area contributed by atoms with Crippen molar-refractivity contribution in [1.82, 2.24) is 9.97 Å². The molecule has 0 aliphatic heterocycles. The summed E-state index contributed by atoms with van der Waals surface area (Å²) < 4.78 is 0. The Morgan fingerprint density at radius 3 is 2.74 bits per heavy atom. The van der Waals surface area contributed by atoms with Crippen LogP contribution in [-0.2, 0) is 0 Å². The number of aliphatic hydroxyl groups excluding tert-OH is 1. The highest BCUT2D eigenvalue weighted by Gasteiger charge is 2.18. The van der Waals surface area contributed by atoms with E-state index >= 15 is 0 Å². The van der Waals surface area contributed by atoms with E-state index in [0.717, 1.165) is 5.39 Å². The summed E-state index contributed by atoms with van der Waals surface area (Å²) in [5.41, 5.74) is 1.45. The van der Waals surface area contributed by atoms with Crippen LogP contribution in [0.2, 0.25) is 0 Å². The molecule has 0 saturated carbocycles. The van der Waals surface area contributed by atoms with Crippen molar-refractivity contribution in [1.29, 1.82) is 5.41 Å². The molecule has 0 fully saturated rings. The van der Waals surface area contributed by atoms with Gasteiger partial charge in [-0.05, 0) is 25.5 Å². The Bertz CT molecular complexity index is 616. The zero-order valence-corrected chi connectivity index (χ0v) is 11.0. The van der Waals surface area contributed by atoms with Gasteiger partial charge in [0.05, 0.1) is 23.5 Å². The van der Waals surface area contributed by atoms with Gasteiger partial charge in [0.15, 0.2) is 0 Å². The standard InChI is InChI=1S/C14H17N3O2/c1-3-9(7-18)13(15)14-11-5-4-10(19)6-12(11)16-8(2)17-14/h4-6,9,15,18-19H,3,7H2,1-2H3/t9-/m1/s1. The Morgan fingerprint density at radius 2 is 2.11 bits per heavy atom. The van der Waals surface area contributed by atoms with Crippen LogP contribution in [-0.4, -0.2) is 32.5 Å². The van der Waals surface area contributed by atoms with Gasteiger partial charge in [-0.1, -0.05) is 6.92 Å². The maximum atomic E-state index is 9.50. The number of hydrogen-bond acceptors (Lipinski definition) is 5. The van der Waals surface area contributed by atoms with E-state index < -0.39 is 0 Å². The van der Waals surface area contributed by atoms with E-state index in [0.29, 0.717) is 29.2 Å². The van der Waals surface area contributed by atoms with Gasteiger partial charge in [-0.25, -0.2) is 9.97 Å². The lowest BCUT2D eigenvalue weighted by molar-refractivity contribution is 0.258. The molecule has 0 bridgehead atoms. The van der Waals surface area contributed by atoms with Gasteiger partial charge in [0.25, 0.3) is 0 Å². The summed E-state index contributed by atoms with van der Waals surface area (Å²) in [7, 11) is 0. The van der Waals surface area contributed by atoms with Crippen LogP contribution in [0.5, 0.6) is 5.75 Å². The highest BCUT2D eigenvalue weighted by molar-refractivity contribution is 6.08. The Balaban J connectivity index is 2.62. The Hall–Kier alpha value is -2.01. The number of aromatic hydroxyl groups is 1. The first-order valence-electron chi connectivity index (χ1n) is 6.23. The van der Waals surface area contributed by atoms with Crippen LogP contribution in [0.15, 0.2) is 18.2 Å². The average Bonchev–Trinajstić information content (AvgIpc) is 2.38. The zero-order chi connectivity index (χ0) is 14.0. The van der Waals surface area contributed by atoms with Gasteiger partial charge in [-0.2, -0.15) is 0 Å². The Kier molecular flexibility index (Phi) is 3.76. The molecule has 100 valence electrons. The number of benzene rings is 1. The first kappa shape index (κ1) is 13.4. The molecule has 1 heterocycles. The molecule has 5 nitrogen and oxygen atoms in total. The third-order valence-corrected chi connectivity index (χ3v) is 3.17. The minimum Gasteiger partial charge on any atom is -0.508 e. The molecule has 1 aromatic carbocycles. The maximum Gasteiger partial charge on any atom is 0.126 e. The average molecular weight is 259 g/mol. The number of hydrogen-bond donors (Lipinski definition) is 3. The molecule has 2 aromatic rings. The SMILES string of the molecule is CC[C@H](CO)C(=N)c1nc(C)nc2cc(O)ccc12. The first-order valence-corrected chi connectivity index (χ1v) is 6.23. The summed E-state index contributed by atoms with van der Waals surface area (Å²) >= 11 is 0. The summed E-state index contributed by atoms with van der Waals surface area (Å²) in [6, 6.07) is 4.82. The van der Waals surface area contributed by atoms with Crippen LogP contribution in [0.4, 0.5) is 0 Å². The second-order valence-electron chi connectivity index (χ2n) is 4.52. The minimum absolute atomic E-state index is 0.0715. The van der Waals surface area contributed by atoms with E-state index in [1.165, 1.54) is 0 Å². The van der Waals surface area contributed by atoms with Gasteiger partial charge < -0.3 is 15.6 Å². The molecule has 3 N–H and O–H groups in total. The monoisotopic (exact) mass is 259 g/mol. The van der Waals surface area contributed by atoms with E-state index in [9.17, 15) is 10.2 Å². The third kappa shape index (κ3) is 2.56. The van der Waals surface area contributed by atoms with Crippen LogP contribution in [0, 0.1) is 18.3 Å². The molecule has 0 aliphatic carbocycles. The molecular formula is C14H17N3O2. The number of phenols is 1. The molecule has 0 spiro atoms. The fraction of sp³-hybridized carbons (Fsp3) is 0.357. The van der Waals surface area contributed by atoms with Crippen molar-refractivity contribution in [3.05, 3.63) is 29.7 Å². The van der Waals surface area contributed by atoms with E-state index in [1.54, 1.807) is 25.1 Å². The van der Waals surface area contributed by atoms with Crippen LogP contribution in [0.1, 0.15) is 24.9 Å². The predicted octanol–water partition coefficient (Wildman–Crippen LogP) is 2.03. The van der Waals surface area contributed by atoms with Crippen LogP contribution in [0.25, 0.3) is 10.9 Å². The van der Waals surface area contributed by atoms with Crippen LogP contribution in [0.3, 0.4) is 0 Å². The first-order chi connectivity index (χ1) is 9.06. The highest BCUT2D eigenvalue weighted by Crippen LogP contribution is 2.23. The van der Waals surface area contributed by atoms with Crippen molar-refractivity contribution in [3.63, 3.8) is 0 Å². The number of phenolic OH excluding ortho intramolecular Hbond substituents is 1. The summed E-state index contributed by atoms with van der Waals surface area (Å²) in [6.45, 7) is 3.61. The quantitative estimate of drug-likeness (QED) is 0.733. The van der Waals surface area contributed by atoms with Crippen molar-refractivity contribution in [2.24, 2.45) is 5.92 Å². The number of aliphatic hydroxyl groups is 1. The summed E-state index contributed by atoms with van der Waals surface area (Å²) in [6.07, 6.45) is 0.679. The summed E-state index contributed by atoms with van der Waals surface area (Å²) in [5, 5.41) is 27.7. The third-order valence-electron chi connectivity index (χ3n) is 3.17. The Morgan fingerprint density at radius 1 is 1.37 bits per heavy atom. The van der Waals surface area contributed by atoms with E-state index in [2.05, 4.69) is 9.97 Å². The molecule has 0 amide bonds. The second kappa shape index (κ2) is 5.32. The van der Waals surface area contributed by atoms with Crippen molar-refractivity contribution >= 4 is 16.6 Å². The second-order valence-corrected chi connectivity index (χ2v) is 4.52. The van der Waals surface area contributed by atoms with E-state index in [4.69, 9.17) is 5.41 Å². The summed E-state index contributed by atoms with van der Waals surface area (Å²) in [4.78, 5) is 8.58. The lowest BCUT2D eigenvalue weighted by Crippen LogP contribution is -2.20. The summed E-state index contributed by atoms with van der Waals surface area (Å²) in [5.74, 6) is 0.453. The molecule has 0 saturated heterocycles. The molecule has 0 aliphatic rings. The fourth-order valence-electron chi connectivity index (χ4n) is 2.06. The lowest BCUT2D eigenvalue weighted by atomic mass is 9.96. The van der Waals surface area contributed by atoms with Crippen LogP contribution >= 0.6 is 0 Å². The van der Waals surface area contributed by atoms with Crippen LogP contribution < -0.4 is 0 Å². The Labute approximate surface area is 111 Å². The van der Waals surface area contributed by atoms with E-state index in [-0.39, 0.29) is 18.3 Å². The van der Waals surface area contributed by atoms with Gasteiger partial charge in [-0.15, -0.1) is 0 Å². The zero-order valence-electron chi connectivity index (χ0n) is 11.0. The van der Waals surface area contributed by atoms with Crippen molar-refractivity contribution in [3.8, 4) is 5.75 Å². The topological polar surface area (TPSA) is 90.1 Å². The molecule has 1 aromatic heterocycles. The number of nitrogens with one attached hydrogen (secondary N) is 1. The molecule has 2 rings (SSSR count). The molecule has 19 heavy (non-hydrogen) atoms. The number of aromatic nitrogens is 2. The van der Waals surface area contributed by atoms with Gasteiger partial charge in [0.1, 0.15) is 11.6 Å². The molecule has 0 radical (unpaired) electrons. The van der Waals surface area contributed by atoms with Gasteiger partial charge >= 0.3 is 0 Å². The number of rotatable bonds is 4. The number of aryl methyl sites for hydroxylation is 1. The van der Waals surface area contributed by atoms with Gasteiger partial charge in [-0.3, -0.25) is 0 Å². The normalized spacial score (nSPS) is 12.6. The minimum atomic E-state index is -0.230. The fourth-order valence-corrected chi connectivity index (χ4v) is 2.06. The van der Waals surface area contributed by atoms with E-state index in [1.807, 2.05) is 6.92 Å². The van der Waals surface area contributed by atoms with Gasteiger partial charge in [0, 0.05) is 17.4 Å². The van der Waals surface area contributed by atoms with Gasteiger partial charge in [0.2, 0.25) is 0 Å². The van der Waals surface area contributed by atoms with Crippen molar-refractivity contribution in [2.45, 2.75) is 20.3 Å². The molecular weight excluding hydrogens is 242 g/mol. The predicted molar refractivity (Wildman–Crippen MR) is 73.6 cm³/mol. The maximum absolute atomic E-state index is 9.50. The number of nitrogens with zero attached hydrogens (tertiary/aromatic N) is 2. The largest absolute Gasteiger partial charge is 0.508 e. The molecule has 0 unspecified atom stereocenters. The number of fused-ring (bicyclic) bond motifs is 1. The van der Waals surface area contributed by atoms with Crippen molar-refractivity contribution < 1.29 is 10.2 Å². The smallest absolute Gasteiger partial charge is 0.126 e. The lowest BCUT2D eigenvalue weighted by Gasteiger charge is -2.15. The molecule has 1 atom stereocenters. The van der Waals surface area contributed by atoms with Crippen molar-refractivity contribution in [2.75, 3.05) is 6.61 Å². The molecule has 5 heteroatoms.